The number of rotatable bonds is 5. The maximum Gasteiger partial charge on any atom is 0.274 e. The molecule has 2 rings (SSSR count). The Kier molecular flexibility index (Phi) is 4.60. The van der Waals surface area contributed by atoms with Crippen LogP contribution in [0, 0.1) is 16.0 Å². The van der Waals surface area contributed by atoms with Gasteiger partial charge < -0.3 is 5.32 Å². The highest BCUT2D eigenvalue weighted by atomic mass is 32.2. The Morgan fingerprint density at radius 3 is 3.00 bits per heavy atom. The zero-order valence-corrected chi connectivity index (χ0v) is 11.3. The number of nitro benzene ring substituents is 1. The maximum absolute atomic E-state index is 11.0. The molecule has 2 atom stereocenters. The molecule has 0 bridgehead atoms. The lowest BCUT2D eigenvalue weighted by Gasteiger charge is -2.17. The lowest BCUT2D eigenvalue weighted by molar-refractivity contribution is -0.385. The van der Waals surface area contributed by atoms with E-state index < -0.39 is 0 Å². The fraction of sp³-hybridized carbons (Fsp3) is 0.538. The summed E-state index contributed by atoms with van der Waals surface area (Å²) in [6, 6.07) is 6.99. The molecule has 1 aliphatic heterocycles. The van der Waals surface area contributed by atoms with E-state index in [1.54, 1.807) is 12.1 Å². The molecule has 2 unspecified atom stereocenters. The number of hydrogen-bond acceptors (Lipinski definition) is 4. The molecule has 98 valence electrons. The van der Waals surface area contributed by atoms with Crippen LogP contribution in [-0.2, 0) is 0 Å². The molecule has 0 aromatic heterocycles. The van der Waals surface area contributed by atoms with Crippen molar-refractivity contribution in [3.63, 3.8) is 0 Å². The minimum absolute atomic E-state index is 0.0252. The summed E-state index contributed by atoms with van der Waals surface area (Å²) in [5, 5.41) is 14.4. The van der Waals surface area contributed by atoms with E-state index in [9.17, 15) is 10.1 Å². The van der Waals surface area contributed by atoms with Gasteiger partial charge in [0, 0.05) is 17.7 Å². The van der Waals surface area contributed by atoms with Gasteiger partial charge in [0.2, 0.25) is 0 Å². The second-order valence-corrected chi connectivity index (χ2v) is 5.83. The molecule has 1 heterocycles. The van der Waals surface area contributed by atoms with Crippen LogP contribution in [-0.4, -0.2) is 23.0 Å². The van der Waals surface area contributed by atoms with E-state index in [1.165, 1.54) is 17.9 Å². The summed E-state index contributed by atoms with van der Waals surface area (Å²) in [5.74, 6) is 3.16. The Labute approximate surface area is 111 Å². The molecule has 1 N–H and O–H groups in total. The summed E-state index contributed by atoms with van der Waals surface area (Å²) >= 11 is 1.99. The van der Waals surface area contributed by atoms with Gasteiger partial charge >= 0.3 is 0 Å². The van der Waals surface area contributed by atoms with Crippen molar-refractivity contribution in [1.82, 2.24) is 5.32 Å². The molecular weight excluding hydrogens is 248 g/mol. The first kappa shape index (κ1) is 13.4. The van der Waals surface area contributed by atoms with E-state index >= 15 is 0 Å². The van der Waals surface area contributed by atoms with Gasteiger partial charge in [-0.2, -0.15) is 11.8 Å². The van der Waals surface area contributed by atoms with E-state index in [-0.39, 0.29) is 16.7 Å². The van der Waals surface area contributed by atoms with E-state index in [1.807, 2.05) is 30.8 Å². The smallest absolute Gasteiger partial charge is 0.274 e. The minimum atomic E-state index is -0.307. The molecule has 0 amide bonds. The number of nitrogens with zero attached hydrogens (tertiary/aromatic N) is 1. The van der Waals surface area contributed by atoms with Crippen LogP contribution in [0.2, 0.25) is 0 Å². The van der Waals surface area contributed by atoms with Crippen molar-refractivity contribution >= 4 is 17.4 Å². The molecule has 5 heteroatoms. The molecule has 1 aliphatic rings. The molecule has 0 saturated carbocycles. The number of benzene rings is 1. The zero-order chi connectivity index (χ0) is 13.0. The van der Waals surface area contributed by atoms with Crippen molar-refractivity contribution in [2.75, 3.05) is 18.1 Å². The quantitative estimate of drug-likeness (QED) is 0.657. The predicted molar refractivity (Wildman–Crippen MR) is 74.9 cm³/mol. The van der Waals surface area contributed by atoms with Crippen LogP contribution in [0.4, 0.5) is 5.69 Å². The van der Waals surface area contributed by atoms with Gasteiger partial charge in [0.25, 0.3) is 5.69 Å². The van der Waals surface area contributed by atoms with Crippen molar-refractivity contribution < 1.29 is 4.92 Å². The molecular formula is C13H18N2O2S. The van der Waals surface area contributed by atoms with Crippen LogP contribution in [0.1, 0.15) is 24.9 Å². The van der Waals surface area contributed by atoms with Crippen LogP contribution in [0.25, 0.3) is 0 Å². The lowest BCUT2D eigenvalue weighted by atomic mass is 10.0. The van der Waals surface area contributed by atoms with Gasteiger partial charge in [0.15, 0.2) is 0 Å². The summed E-state index contributed by atoms with van der Waals surface area (Å²) in [7, 11) is 0. The number of thioether (sulfide) groups is 1. The molecule has 18 heavy (non-hydrogen) atoms. The van der Waals surface area contributed by atoms with Crippen molar-refractivity contribution in [3.05, 3.63) is 39.9 Å². The van der Waals surface area contributed by atoms with Gasteiger partial charge in [-0.05, 0) is 37.3 Å². The molecule has 1 saturated heterocycles. The van der Waals surface area contributed by atoms with Gasteiger partial charge in [-0.25, -0.2) is 0 Å². The maximum atomic E-state index is 11.0. The van der Waals surface area contributed by atoms with Crippen LogP contribution < -0.4 is 5.32 Å². The Hall–Kier alpha value is -1.07. The van der Waals surface area contributed by atoms with Gasteiger partial charge in [-0.15, -0.1) is 0 Å². The lowest BCUT2D eigenvalue weighted by Crippen LogP contribution is -2.26. The van der Waals surface area contributed by atoms with E-state index in [0.717, 1.165) is 12.1 Å². The van der Waals surface area contributed by atoms with Crippen molar-refractivity contribution in [3.8, 4) is 0 Å². The number of para-hydroxylation sites is 1. The Bertz CT molecular complexity index is 419. The summed E-state index contributed by atoms with van der Waals surface area (Å²) in [5.41, 5.74) is 0.978. The second kappa shape index (κ2) is 6.20. The number of hydrogen-bond donors (Lipinski definition) is 1. The topological polar surface area (TPSA) is 55.2 Å². The monoisotopic (exact) mass is 266 g/mol. The molecule has 0 aliphatic carbocycles. The summed E-state index contributed by atoms with van der Waals surface area (Å²) in [6.07, 6.45) is 1.25. The molecule has 1 fully saturated rings. The summed E-state index contributed by atoms with van der Waals surface area (Å²) in [4.78, 5) is 10.7. The van der Waals surface area contributed by atoms with Crippen LogP contribution >= 0.6 is 11.8 Å². The average molecular weight is 266 g/mol. The average Bonchev–Trinajstić information content (AvgIpc) is 2.89. The van der Waals surface area contributed by atoms with Gasteiger partial charge in [0.1, 0.15) is 0 Å². The summed E-state index contributed by atoms with van der Waals surface area (Å²) in [6.45, 7) is 2.94. The van der Waals surface area contributed by atoms with Gasteiger partial charge in [0.05, 0.1) is 4.92 Å². The van der Waals surface area contributed by atoms with Crippen LogP contribution in [0.5, 0.6) is 0 Å². The van der Waals surface area contributed by atoms with Crippen molar-refractivity contribution in [1.29, 1.82) is 0 Å². The highest BCUT2D eigenvalue weighted by Crippen LogP contribution is 2.26. The second-order valence-electron chi connectivity index (χ2n) is 4.68. The van der Waals surface area contributed by atoms with Gasteiger partial charge in [-0.1, -0.05) is 18.2 Å². The molecule has 4 nitrogen and oxygen atoms in total. The Morgan fingerprint density at radius 1 is 1.56 bits per heavy atom. The third-order valence-corrected chi connectivity index (χ3v) is 4.57. The van der Waals surface area contributed by atoms with Crippen LogP contribution in [0.3, 0.4) is 0 Å². The predicted octanol–water partition coefficient (Wildman–Crippen LogP) is 3.00. The van der Waals surface area contributed by atoms with Crippen molar-refractivity contribution in [2.45, 2.75) is 19.4 Å². The van der Waals surface area contributed by atoms with Crippen LogP contribution in [0.15, 0.2) is 24.3 Å². The van der Waals surface area contributed by atoms with Crippen molar-refractivity contribution in [2.24, 2.45) is 5.92 Å². The number of nitrogens with one attached hydrogen (secondary N) is 1. The summed E-state index contributed by atoms with van der Waals surface area (Å²) < 4.78 is 0. The molecule has 0 radical (unpaired) electrons. The number of nitro groups is 1. The zero-order valence-electron chi connectivity index (χ0n) is 10.5. The highest BCUT2D eigenvalue weighted by molar-refractivity contribution is 7.99. The fourth-order valence-corrected chi connectivity index (χ4v) is 3.50. The normalized spacial score (nSPS) is 20.8. The first-order valence-electron chi connectivity index (χ1n) is 6.23. The fourth-order valence-electron chi connectivity index (χ4n) is 2.22. The molecule has 1 aromatic carbocycles. The molecule has 0 spiro atoms. The van der Waals surface area contributed by atoms with Gasteiger partial charge in [-0.3, -0.25) is 10.1 Å². The highest BCUT2D eigenvalue weighted by Gasteiger charge is 2.20. The van der Waals surface area contributed by atoms with E-state index in [2.05, 4.69) is 5.32 Å². The standard InChI is InChI=1S/C13H18N2O2S/c1-10(14-8-11-6-7-18-9-11)12-4-2-3-5-13(12)15(16)17/h2-5,10-11,14H,6-9H2,1H3. The third-order valence-electron chi connectivity index (χ3n) is 3.34. The molecule has 1 aromatic rings. The SMILES string of the molecule is CC(NCC1CCSC1)c1ccccc1[N+](=O)[O-]. The third kappa shape index (κ3) is 3.23. The Balaban J connectivity index is 1.99. The first-order chi connectivity index (χ1) is 8.68. The Morgan fingerprint density at radius 2 is 2.33 bits per heavy atom. The minimum Gasteiger partial charge on any atom is -0.310 e. The van der Waals surface area contributed by atoms with E-state index in [4.69, 9.17) is 0 Å². The largest absolute Gasteiger partial charge is 0.310 e. The first-order valence-corrected chi connectivity index (χ1v) is 7.38. The van der Waals surface area contributed by atoms with E-state index in [0.29, 0.717) is 5.92 Å².